The Morgan fingerprint density at radius 2 is 2.26 bits per heavy atom. The molecule has 0 unspecified atom stereocenters. The fourth-order valence-electron chi connectivity index (χ4n) is 2.69. The molecule has 19 heavy (non-hydrogen) atoms. The highest BCUT2D eigenvalue weighted by molar-refractivity contribution is 7.13. The summed E-state index contributed by atoms with van der Waals surface area (Å²) in [7, 11) is 0. The van der Waals surface area contributed by atoms with Crippen molar-refractivity contribution >= 4 is 11.3 Å². The molecule has 2 aromatic rings. The molecule has 3 nitrogen and oxygen atoms in total. The molecule has 1 saturated heterocycles. The fourth-order valence-corrected chi connectivity index (χ4v) is 3.59. The summed E-state index contributed by atoms with van der Waals surface area (Å²) < 4.78 is 11.0. The predicted octanol–water partition coefficient (Wildman–Crippen LogP) is 3.25. The van der Waals surface area contributed by atoms with E-state index in [2.05, 4.69) is 23.6 Å². The van der Waals surface area contributed by atoms with Crippen LogP contribution >= 0.6 is 11.3 Å². The lowest BCUT2D eigenvalue weighted by atomic mass is 10.1. The molecule has 2 aliphatic rings. The van der Waals surface area contributed by atoms with Crippen LogP contribution in [-0.4, -0.2) is 24.8 Å². The number of fused-ring (bicyclic) bond motifs is 1. The zero-order chi connectivity index (χ0) is 12.7. The zero-order valence-corrected chi connectivity index (χ0v) is 11.4. The Labute approximate surface area is 116 Å². The van der Waals surface area contributed by atoms with Gasteiger partial charge in [-0.3, -0.25) is 0 Å². The molecule has 4 rings (SSSR count). The molecule has 0 saturated carbocycles. The minimum absolute atomic E-state index is 0.489. The fraction of sp³-hybridized carbons (Fsp3) is 0.400. The maximum absolute atomic E-state index is 5.54. The average Bonchev–Trinajstić information content (AvgIpc) is 3.18. The summed E-state index contributed by atoms with van der Waals surface area (Å²) in [5.41, 5.74) is 3.70. The van der Waals surface area contributed by atoms with Gasteiger partial charge in [-0.05, 0) is 30.2 Å². The molecule has 3 heterocycles. The van der Waals surface area contributed by atoms with Crippen molar-refractivity contribution in [2.45, 2.75) is 18.8 Å². The topological polar surface area (TPSA) is 31.4 Å². The van der Waals surface area contributed by atoms with E-state index in [1.165, 1.54) is 16.8 Å². The van der Waals surface area contributed by atoms with Crippen LogP contribution in [0.1, 0.15) is 23.6 Å². The van der Waals surface area contributed by atoms with Gasteiger partial charge in [-0.2, -0.15) is 0 Å². The quantitative estimate of drug-likeness (QED) is 0.841. The number of ether oxygens (including phenoxy) is 2. The second-order valence-corrected chi connectivity index (χ2v) is 5.92. The summed E-state index contributed by atoms with van der Waals surface area (Å²) in [5, 5.41) is 3.29. The minimum atomic E-state index is 0.489. The Morgan fingerprint density at radius 3 is 3.16 bits per heavy atom. The molecule has 1 fully saturated rings. The van der Waals surface area contributed by atoms with Crippen LogP contribution in [0.4, 0.5) is 0 Å². The van der Waals surface area contributed by atoms with Gasteiger partial charge < -0.3 is 9.47 Å². The first kappa shape index (κ1) is 11.4. The summed E-state index contributed by atoms with van der Waals surface area (Å²) >= 11 is 1.73. The number of aromatic nitrogens is 1. The highest BCUT2D eigenvalue weighted by Gasteiger charge is 2.21. The van der Waals surface area contributed by atoms with E-state index in [4.69, 9.17) is 14.5 Å². The molecule has 1 aromatic carbocycles. The Bertz CT molecular complexity index is 602. The molecule has 2 aliphatic heterocycles. The number of benzene rings is 1. The van der Waals surface area contributed by atoms with Gasteiger partial charge in [-0.1, -0.05) is 0 Å². The number of thiazole rings is 1. The van der Waals surface area contributed by atoms with E-state index in [0.717, 1.165) is 43.4 Å². The number of nitrogens with zero attached hydrogens (tertiary/aromatic N) is 1. The third-order valence-corrected chi connectivity index (χ3v) is 4.72. The van der Waals surface area contributed by atoms with Gasteiger partial charge in [-0.15, -0.1) is 11.3 Å². The van der Waals surface area contributed by atoms with Crippen molar-refractivity contribution in [1.82, 2.24) is 4.98 Å². The van der Waals surface area contributed by atoms with Crippen LogP contribution in [0.2, 0.25) is 0 Å². The molecule has 1 atom stereocenters. The van der Waals surface area contributed by atoms with E-state index in [-0.39, 0.29) is 0 Å². The largest absolute Gasteiger partial charge is 0.493 e. The van der Waals surface area contributed by atoms with Gasteiger partial charge in [0, 0.05) is 29.9 Å². The van der Waals surface area contributed by atoms with Crippen molar-refractivity contribution in [3.8, 4) is 16.3 Å². The molecular weight excluding hydrogens is 258 g/mol. The lowest BCUT2D eigenvalue weighted by molar-refractivity contribution is 0.193. The normalized spacial score (nSPS) is 21.4. The molecule has 0 radical (unpaired) electrons. The molecule has 0 N–H and O–H groups in total. The summed E-state index contributed by atoms with van der Waals surface area (Å²) in [6, 6.07) is 6.39. The number of hydrogen-bond donors (Lipinski definition) is 0. The lowest BCUT2D eigenvalue weighted by Crippen LogP contribution is -1.97. The molecule has 98 valence electrons. The zero-order valence-electron chi connectivity index (χ0n) is 10.6. The standard InChI is InChI=1S/C15H15NO2S/c1-2-14-10(4-6-18-14)7-11(1)15-16-13(9-19-15)12-3-5-17-8-12/h1-2,7,9,12H,3-6,8H2/t12-/m0/s1. The van der Waals surface area contributed by atoms with Crippen molar-refractivity contribution in [3.63, 3.8) is 0 Å². The minimum Gasteiger partial charge on any atom is -0.493 e. The molecular formula is C15H15NO2S. The Balaban J connectivity index is 1.65. The molecule has 0 aliphatic carbocycles. The van der Waals surface area contributed by atoms with Gasteiger partial charge >= 0.3 is 0 Å². The van der Waals surface area contributed by atoms with Gasteiger partial charge in [0.1, 0.15) is 10.8 Å². The van der Waals surface area contributed by atoms with Crippen LogP contribution in [0.25, 0.3) is 10.6 Å². The molecule has 0 bridgehead atoms. The Kier molecular flexibility index (Phi) is 2.78. The van der Waals surface area contributed by atoms with Gasteiger partial charge in [0.2, 0.25) is 0 Å². The Morgan fingerprint density at radius 1 is 1.26 bits per heavy atom. The molecule has 1 aromatic heterocycles. The van der Waals surface area contributed by atoms with E-state index in [0.29, 0.717) is 5.92 Å². The first-order valence-corrected chi connectivity index (χ1v) is 7.57. The van der Waals surface area contributed by atoms with Crippen molar-refractivity contribution in [2.24, 2.45) is 0 Å². The third kappa shape index (κ3) is 2.05. The van der Waals surface area contributed by atoms with Crippen molar-refractivity contribution in [2.75, 3.05) is 19.8 Å². The summed E-state index contributed by atoms with van der Waals surface area (Å²) in [6.45, 7) is 2.50. The number of hydrogen-bond acceptors (Lipinski definition) is 4. The monoisotopic (exact) mass is 273 g/mol. The van der Waals surface area contributed by atoms with Crippen LogP contribution in [0, 0.1) is 0 Å². The first-order chi connectivity index (χ1) is 9.40. The van der Waals surface area contributed by atoms with Crippen LogP contribution in [0.15, 0.2) is 23.6 Å². The number of rotatable bonds is 2. The molecule has 4 heteroatoms. The highest BCUT2D eigenvalue weighted by atomic mass is 32.1. The van der Waals surface area contributed by atoms with E-state index in [1.54, 1.807) is 11.3 Å². The maximum atomic E-state index is 5.54. The van der Waals surface area contributed by atoms with E-state index in [1.807, 2.05) is 0 Å². The van der Waals surface area contributed by atoms with Gasteiger partial charge in [0.25, 0.3) is 0 Å². The van der Waals surface area contributed by atoms with Gasteiger partial charge in [0.05, 0.1) is 18.9 Å². The SMILES string of the molecule is c1cc2c(cc1-c1nc([C@H]3CCOC3)cs1)CCO2. The molecule has 0 spiro atoms. The van der Waals surface area contributed by atoms with Crippen molar-refractivity contribution < 1.29 is 9.47 Å². The summed E-state index contributed by atoms with van der Waals surface area (Å²) in [5.74, 6) is 1.52. The van der Waals surface area contributed by atoms with Gasteiger partial charge in [-0.25, -0.2) is 4.98 Å². The van der Waals surface area contributed by atoms with E-state index >= 15 is 0 Å². The predicted molar refractivity (Wildman–Crippen MR) is 74.9 cm³/mol. The first-order valence-electron chi connectivity index (χ1n) is 6.69. The third-order valence-electron chi connectivity index (χ3n) is 3.81. The van der Waals surface area contributed by atoms with E-state index < -0.39 is 0 Å². The van der Waals surface area contributed by atoms with Crippen molar-refractivity contribution in [3.05, 3.63) is 34.8 Å². The average molecular weight is 273 g/mol. The molecule has 0 amide bonds. The summed E-state index contributed by atoms with van der Waals surface area (Å²) in [4.78, 5) is 4.79. The second-order valence-electron chi connectivity index (χ2n) is 5.06. The van der Waals surface area contributed by atoms with Crippen LogP contribution in [-0.2, 0) is 11.2 Å². The van der Waals surface area contributed by atoms with Gasteiger partial charge in [0.15, 0.2) is 0 Å². The second kappa shape index (κ2) is 4.62. The van der Waals surface area contributed by atoms with Crippen LogP contribution in [0.5, 0.6) is 5.75 Å². The van der Waals surface area contributed by atoms with Crippen LogP contribution in [0.3, 0.4) is 0 Å². The van der Waals surface area contributed by atoms with Crippen molar-refractivity contribution in [1.29, 1.82) is 0 Å². The summed E-state index contributed by atoms with van der Waals surface area (Å²) in [6.07, 6.45) is 2.11. The highest BCUT2D eigenvalue weighted by Crippen LogP contribution is 2.34. The van der Waals surface area contributed by atoms with E-state index in [9.17, 15) is 0 Å². The lowest BCUT2D eigenvalue weighted by Gasteiger charge is -2.03. The van der Waals surface area contributed by atoms with Crippen LogP contribution < -0.4 is 4.74 Å². The Hall–Kier alpha value is -1.39. The smallest absolute Gasteiger partial charge is 0.123 e. The maximum Gasteiger partial charge on any atom is 0.123 e.